The van der Waals surface area contributed by atoms with E-state index >= 15 is 0 Å². The van der Waals surface area contributed by atoms with E-state index < -0.39 is 15.9 Å². The molecule has 112 valence electrons. The summed E-state index contributed by atoms with van der Waals surface area (Å²) in [6.45, 7) is 1.69. The van der Waals surface area contributed by atoms with Crippen LogP contribution in [0, 0.1) is 6.92 Å². The second-order valence-electron chi connectivity index (χ2n) is 4.40. The zero-order chi connectivity index (χ0) is 15.8. The van der Waals surface area contributed by atoms with Crippen LogP contribution >= 0.6 is 11.6 Å². The summed E-state index contributed by atoms with van der Waals surface area (Å²) in [6, 6.07) is 5.49. The fraction of sp³-hybridized carbons (Fsp3) is 0.167. The number of carbonyl (C=O) groups is 1. The minimum atomic E-state index is -3.76. The number of sulfonamides is 1. The van der Waals surface area contributed by atoms with Gasteiger partial charge < -0.3 is 5.32 Å². The number of halogens is 1. The molecule has 0 fully saturated rings. The number of rotatable bonds is 3. The number of primary sulfonamides is 1. The first kappa shape index (κ1) is 15.5. The Morgan fingerprint density at radius 2 is 1.90 bits per heavy atom. The van der Waals surface area contributed by atoms with Crippen LogP contribution in [0.15, 0.2) is 29.2 Å². The molecule has 0 unspecified atom stereocenters. The highest BCUT2D eigenvalue weighted by atomic mass is 35.5. The molecule has 1 amide bonds. The van der Waals surface area contributed by atoms with Crippen molar-refractivity contribution in [3.63, 3.8) is 0 Å². The average Bonchev–Trinajstić information content (AvgIpc) is 2.62. The highest BCUT2D eigenvalue weighted by Gasteiger charge is 2.19. The highest BCUT2D eigenvalue weighted by molar-refractivity contribution is 7.89. The minimum Gasteiger partial charge on any atom is -0.321 e. The van der Waals surface area contributed by atoms with Crippen LogP contribution in [0.4, 0.5) is 5.69 Å². The molecule has 21 heavy (non-hydrogen) atoms. The summed E-state index contributed by atoms with van der Waals surface area (Å²) in [4.78, 5) is 12.1. The molecule has 0 aliphatic carbocycles. The van der Waals surface area contributed by atoms with E-state index in [1.54, 1.807) is 14.0 Å². The van der Waals surface area contributed by atoms with Gasteiger partial charge in [-0.1, -0.05) is 11.6 Å². The molecule has 9 heteroatoms. The molecular formula is C12H13ClN4O3S. The van der Waals surface area contributed by atoms with Crippen molar-refractivity contribution >= 4 is 33.2 Å². The molecule has 0 aliphatic rings. The van der Waals surface area contributed by atoms with E-state index in [0.717, 1.165) is 0 Å². The maximum absolute atomic E-state index is 12.2. The van der Waals surface area contributed by atoms with Crippen molar-refractivity contribution in [3.8, 4) is 0 Å². The third-order valence-corrected chi connectivity index (χ3v) is 4.19. The molecule has 0 spiro atoms. The van der Waals surface area contributed by atoms with Crippen molar-refractivity contribution in [1.82, 2.24) is 9.78 Å². The Hall–Kier alpha value is -1.90. The summed E-state index contributed by atoms with van der Waals surface area (Å²) in [5, 5.41) is 11.9. The summed E-state index contributed by atoms with van der Waals surface area (Å²) in [5.41, 5.74) is 1.20. The molecule has 2 rings (SSSR count). The Labute approximate surface area is 126 Å². The summed E-state index contributed by atoms with van der Waals surface area (Å²) in [7, 11) is -2.15. The molecule has 0 atom stereocenters. The van der Waals surface area contributed by atoms with Gasteiger partial charge in [-0.2, -0.15) is 5.10 Å². The van der Waals surface area contributed by atoms with Gasteiger partial charge in [-0.3, -0.25) is 9.48 Å². The zero-order valence-corrected chi connectivity index (χ0v) is 12.9. The smallest absolute Gasteiger partial charge is 0.275 e. The highest BCUT2D eigenvalue weighted by Crippen LogP contribution is 2.21. The maximum Gasteiger partial charge on any atom is 0.275 e. The van der Waals surface area contributed by atoms with E-state index in [2.05, 4.69) is 10.4 Å². The summed E-state index contributed by atoms with van der Waals surface area (Å²) < 4.78 is 23.7. The van der Waals surface area contributed by atoms with Gasteiger partial charge in [-0.05, 0) is 31.2 Å². The molecular weight excluding hydrogens is 316 g/mol. The number of amides is 1. The number of hydrogen-bond donors (Lipinski definition) is 2. The Bertz CT molecular complexity index is 797. The molecule has 0 bridgehead atoms. The van der Waals surface area contributed by atoms with Gasteiger partial charge >= 0.3 is 0 Å². The van der Waals surface area contributed by atoms with Crippen molar-refractivity contribution in [2.45, 2.75) is 11.8 Å². The maximum atomic E-state index is 12.2. The molecule has 3 N–H and O–H groups in total. The number of benzene rings is 1. The lowest BCUT2D eigenvalue weighted by molar-refractivity contribution is 0.101. The predicted octanol–water partition coefficient (Wildman–Crippen LogP) is 1.28. The first-order valence-corrected chi connectivity index (χ1v) is 7.76. The quantitative estimate of drug-likeness (QED) is 0.884. The molecule has 1 aromatic heterocycles. The Morgan fingerprint density at radius 3 is 2.33 bits per heavy atom. The molecule has 2 aromatic rings. The molecule has 1 aromatic carbocycles. The van der Waals surface area contributed by atoms with Crippen LogP contribution in [-0.4, -0.2) is 24.1 Å². The third kappa shape index (κ3) is 3.23. The molecule has 0 saturated heterocycles. The van der Waals surface area contributed by atoms with Crippen LogP contribution in [0.25, 0.3) is 0 Å². The van der Waals surface area contributed by atoms with Gasteiger partial charge in [0.2, 0.25) is 10.0 Å². The van der Waals surface area contributed by atoms with Gasteiger partial charge in [0.25, 0.3) is 5.91 Å². The molecule has 1 heterocycles. The van der Waals surface area contributed by atoms with Gasteiger partial charge in [0.15, 0.2) is 0 Å². The van der Waals surface area contributed by atoms with Crippen molar-refractivity contribution in [3.05, 3.63) is 40.7 Å². The Balaban J connectivity index is 2.24. The Kier molecular flexibility index (Phi) is 4.04. The summed E-state index contributed by atoms with van der Waals surface area (Å²) >= 11 is 6.02. The van der Waals surface area contributed by atoms with Crippen molar-refractivity contribution < 1.29 is 13.2 Å². The third-order valence-electron chi connectivity index (χ3n) is 2.80. The molecule has 0 aliphatic heterocycles. The zero-order valence-electron chi connectivity index (χ0n) is 11.3. The van der Waals surface area contributed by atoms with E-state index in [-0.39, 0.29) is 15.6 Å². The van der Waals surface area contributed by atoms with Crippen LogP contribution in [0.2, 0.25) is 5.02 Å². The number of nitrogens with two attached hydrogens (primary N) is 1. The number of anilines is 1. The van der Waals surface area contributed by atoms with Crippen molar-refractivity contribution in [1.29, 1.82) is 0 Å². The van der Waals surface area contributed by atoms with Crippen molar-refractivity contribution in [2.24, 2.45) is 12.2 Å². The monoisotopic (exact) mass is 328 g/mol. The topological polar surface area (TPSA) is 107 Å². The lowest BCUT2D eigenvalue weighted by Crippen LogP contribution is -2.17. The van der Waals surface area contributed by atoms with Crippen LogP contribution < -0.4 is 10.5 Å². The van der Waals surface area contributed by atoms with Crippen LogP contribution in [0.5, 0.6) is 0 Å². The van der Waals surface area contributed by atoms with E-state index in [0.29, 0.717) is 11.4 Å². The largest absolute Gasteiger partial charge is 0.321 e. The summed E-state index contributed by atoms with van der Waals surface area (Å²) in [5.74, 6) is -0.438. The van der Waals surface area contributed by atoms with Crippen LogP contribution in [-0.2, 0) is 17.1 Å². The van der Waals surface area contributed by atoms with E-state index in [1.165, 1.54) is 28.9 Å². The van der Waals surface area contributed by atoms with Crippen LogP contribution in [0.3, 0.4) is 0 Å². The second kappa shape index (κ2) is 5.47. The number of aryl methyl sites for hydroxylation is 2. The second-order valence-corrected chi connectivity index (χ2v) is 6.33. The average molecular weight is 329 g/mol. The first-order chi connectivity index (χ1) is 9.70. The fourth-order valence-corrected chi connectivity index (χ4v) is 2.56. The van der Waals surface area contributed by atoms with E-state index in [4.69, 9.17) is 16.7 Å². The number of carbonyl (C=O) groups excluding carboxylic acids is 1. The number of nitrogens with one attached hydrogen (secondary N) is 1. The SMILES string of the molecule is Cc1nn(C)c(C(=O)Nc2ccc(S(N)(=O)=O)cc2)c1Cl. The van der Waals surface area contributed by atoms with Crippen LogP contribution in [0.1, 0.15) is 16.2 Å². The van der Waals surface area contributed by atoms with Gasteiger partial charge in [-0.15, -0.1) is 0 Å². The Morgan fingerprint density at radius 1 is 1.33 bits per heavy atom. The number of nitrogens with zero attached hydrogens (tertiary/aromatic N) is 2. The molecule has 0 saturated carbocycles. The van der Waals surface area contributed by atoms with E-state index in [9.17, 15) is 13.2 Å². The lowest BCUT2D eigenvalue weighted by Gasteiger charge is -2.06. The lowest BCUT2D eigenvalue weighted by atomic mass is 10.3. The summed E-state index contributed by atoms with van der Waals surface area (Å²) in [6.07, 6.45) is 0. The van der Waals surface area contributed by atoms with Gasteiger partial charge in [-0.25, -0.2) is 13.6 Å². The predicted molar refractivity (Wildman–Crippen MR) is 78.7 cm³/mol. The van der Waals surface area contributed by atoms with Gasteiger partial charge in [0, 0.05) is 12.7 Å². The standard InChI is InChI=1S/C12H13ClN4O3S/c1-7-10(13)11(17(2)16-7)12(18)15-8-3-5-9(6-4-8)21(14,19)20/h3-6H,1-2H3,(H,15,18)(H2,14,19,20). The van der Waals surface area contributed by atoms with E-state index in [1.807, 2.05) is 0 Å². The van der Waals surface area contributed by atoms with Gasteiger partial charge in [0.05, 0.1) is 15.6 Å². The number of aromatic nitrogens is 2. The minimum absolute atomic E-state index is 0.0325. The normalized spacial score (nSPS) is 11.4. The van der Waals surface area contributed by atoms with Gasteiger partial charge in [0.1, 0.15) is 5.69 Å². The molecule has 7 nitrogen and oxygen atoms in total. The first-order valence-electron chi connectivity index (χ1n) is 5.83. The van der Waals surface area contributed by atoms with Crippen molar-refractivity contribution in [2.75, 3.05) is 5.32 Å². The fourth-order valence-electron chi connectivity index (χ4n) is 1.80. The molecule has 0 radical (unpaired) electrons. The number of hydrogen-bond acceptors (Lipinski definition) is 4.